The quantitative estimate of drug-likeness (QED) is 0.851. The van der Waals surface area contributed by atoms with Gasteiger partial charge in [-0.3, -0.25) is 4.79 Å². The van der Waals surface area contributed by atoms with Gasteiger partial charge in [0.05, 0.1) is 17.8 Å². The van der Waals surface area contributed by atoms with E-state index in [0.717, 1.165) is 5.75 Å². The first-order valence-corrected chi connectivity index (χ1v) is 7.70. The van der Waals surface area contributed by atoms with Crippen molar-refractivity contribution in [1.29, 1.82) is 5.26 Å². The minimum atomic E-state index is -0.822. The molecule has 1 amide bonds. The minimum absolute atomic E-state index is 0.0796. The molecule has 2 N–H and O–H groups in total. The Kier molecular flexibility index (Phi) is 5.61. The van der Waals surface area contributed by atoms with Crippen LogP contribution in [0.2, 0.25) is 0 Å². The van der Waals surface area contributed by atoms with Gasteiger partial charge in [0.2, 0.25) is 0 Å². The zero-order valence-electron chi connectivity index (χ0n) is 14.0. The van der Waals surface area contributed by atoms with Crippen molar-refractivity contribution < 1.29 is 14.6 Å². The summed E-state index contributed by atoms with van der Waals surface area (Å²) in [7, 11) is 1.69. The second-order valence-electron chi connectivity index (χ2n) is 5.80. The summed E-state index contributed by atoms with van der Waals surface area (Å²) in [6.45, 7) is 3.97. The lowest BCUT2D eigenvalue weighted by atomic mass is 10.1. The molecule has 1 heterocycles. The Labute approximate surface area is 141 Å². The molecule has 0 aliphatic carbocycles. The highest BCUT2D eigenvalue weighted by molar-refractivity contribution is 5.93. The van der Waals surface area contributed by atoms with Gasteiger partial charge in [-0.05, 0) is 37.6 Å². The SMILES string of the molecule is CC(C)Oc1ccc(C(O)CNC(=O)c2cc(C#N)cn2C)cc1. The summed E-state index contributed by atoms with van der Waals surface area (Å²) in [6.07, 6.45) is 0.847. The number of aryl methyl sites for hydroxylation is 1. The fourth-order valence-corrected chi connectivity index (χ4v) is 2.29. The number of nitrogens with one attached hydrogen (secondary N) is 1. The van der Waals surface area contributed by atoms with E-state index in [4.69, 9.17) is 10.00 Å². The zero-order valence-corrected chi connectivity index (χ0v) is 14.0. The maximum atomic E-state index is 12.1. The number of rotatable bonds is 6. The number of aliphatic hydroxyl groups excluding tert-OH is 1. The van der Waals surface area contributed by atoms with Crippen molar-refractivity contribution in [2.24, 2.45) is 7.05 Å². The molecule has 6 heteroatoms. The van der Waals surface area contributed by atoms with Crippen LogP contribution < -0.4 is 10.1 Å². The smallest absolute Gasteiger partial charge is 0.268 e. The molecule has 0 saturated heterocycles. The van der Waals surface area contributed by atoms with Crippen LogP contribution in [0, 0.1) is 11.3 Å². The molecular formula is C18H21N3O3. The number of aromatic nitrogens is 1. The summed E-state index contributed by atoms with van der Waals surface area (Å²) >= 11 is 0. The van der Waals surface area contributed by atoms with Gasteiger partial charge in [-0.2, -0.15) is 5.26 Å². The molecule has 0 aliphatic rings. The summed E-state index contributed by atoms with van der Waals surface area (Å²) in [5.41, 5.74) is 1.49. The van der Waals surface area contributed by atoms with E-state index in [9.17, 15) is 9.90 Å². The number of amides is 1. The lowest BCUT2D eigenvalue weighted by Crippen LogP contribution is -2.29. The second kappa shape index (κ2) is 7.66. The first-order valence-electron chi connectivity index (χ1n) is 7.70. The number of nitrogens with zero attached hydrogens (tertiary/aromatic N) is 2. The molecule has 24 heavy (non-hydrogen) atoms. The average molecular weight is 327 g/mol. The molecule has 1 aromatic carbocycles. The van der Waals surface area contributed by atoms with Crippen LogP contribution in [0.25, 0.3) is 0 Å². The number of nitriles is 1. The van der Waals surface area contributed by atoms with Gasteiger partial charge in [-0.15, -0.1) is 0 Å². The van der Waals surface area contributed by atoms with Crippen molar-refractivity contribution in [3.63, 3.8) is 0 Å². The van der Waals surface area contributed by atoms with E-state index in [0.29, 0.717) is 16.8 Å². The van der Waals surface area contributed by atoms with Crippen LogP contribution in [-0.4, -0.2) is 28.2 Å². The molecule has 1 aromatic heterocycles. The van der Waals surface area contributed by atoms with Gasteiger partial charge in [0.1, 0.15) is 17.5 Å². The van der Waals surface area contributed by atoms with Crippen LogP contribution in [0.15, 0.2) is 36.5 Å². The fraction of sp³-hybridized carbons (Fsp3) is 0.333. The molecular weight excluding hydrogens is 306 g/mol. The van der Waals surface area contributed by atoms with Crippen molar-refractivity contribution in [1.82, 2.24) is 9.88 Å². The molecule has 0 radical (unpaired) electrons. The summed E-state index contributed by atoms with van der Waals surface area (Å²) < 4.78 is 7.13. The monoisotopic (exact) mass is 327 g/mol. The molecule has 1 atom stereocenters. The van der Waals surface area contributed by atoms with Crippen molar-refractivity contribution in [3.8, 4) is 11.8 Å². The Morgan fingerprint density at radius 3 is 2.58 bits per heavy atom. The van der Waals surface area contributed by atoms with E-state index in [1.807, 2.05) is 19.9 Å². The highest BCUT2D eigenvalue weighted by atomic mass is 16.5. The van der Waals surface area contributed by atoms with Gasteiger partial charge in [0.15, 0.2) is 0 Å². The van der Waals surface area contributed by atoms with Gasteiger partial charge in [0.25, 0.3) is 5.91 Å². The molecule has 0 fully saturated rings. The fourth-order valence-electron chi connectivity index (χ4n) is 2.29. The third kappa shape index (κ3) is 4.37. The average Bonchev–Trinajstić information content (AvgIpc) is 2.93. The highest BCUT2D eigenvalue weighted by Crippen LogP contribution is 2.18. The Bertz CT molecular complexity index is 742. The van der Waals surface area contributed by atoms with Gasteiger partial charge in [-0.1, -0.05) is 12.1 Å². The van der Waals surface area contributed by atoms with E-state index in [-0.39, 0.29) is 18.6 Å². The van der Waals surface area contributed by atoms with Crippen molar-refractivity contribution in [2.75, 3.05) is 6.54 Å². The number of ether oxygens (including phenoxy) is 1. The number of aliphatic hydroxyl groups is 1. The van der Waals surface area contributed by atoms with Crippen LogP contribution in [0.3, 0.4) is 0 Å². The minimum Gasteiger partial charge on any atom is -0.491 e. The van der Waals surface area contributed by atoms with Crippen molar-refractivity contribution in [3.05, 3.63) is 53.3 Å². The second-order valence-corrected chi connectivity index (χ2v) is 5.80. The number of hydrogen-bond donors (Lipinski definition) is 2. The Morgan fingerprint density at radius 2 is 2.04 bits per heavy atom. The van der Waals surface area contributed by atoms with E-state index >= 15 is 0 Å². The predicted molar refractivity (Wildman–Crippen MR) is 89.6 cm³/mol. The molecule has 2 rings (SSSR count). The third-order valence-corrected chi connectivity index (χ3v) is 3.46. The molecule has 0 bridgehead atoms. The number of benzene rings is 1. The van der Waals surface area contributed by atoms with Gasteiger partial charge in [0, 0.05) is 19.8 Å². The van der Waals surface area contributed by atoms with Crippen LogP contribution >= 0.6 is 0 Å². The molecule has 0 spiro atoms. The summed E-state index contributed by atoms with van der Waals surface area (Å²) in [6, 6.07) is 10.6. The molecule has 0 saturated carbocycles. The van der Waals surface area contributed by atoms with E-state index in [1.54, 1.807) is 42.1 Å². The van der Waals surface area contributed by atoms with E-state index < -0.39 is 6.10 Å². The van der Waals surface area contributed by atoms with Gasteiger partial charge >= 0.3 is 0 Å². The van der Waals surface area contributed by atoms with Crippen LogP contribution in [0.4, 0.5) is 0 Å². The highest BCUT2D eigenvalue weighted by Gasteiger charge is 2.14. The number of carbonyl (C=O) groups is 1. The number of hydrogen-bond acceptors (Lipinski definition) is 4. The standard InChI is InChI=1S/C18H21N3O3/c1-12(2)24-15-6-4-14(5-7-15)17(22)10-20-18(23)16-8-13(9-19)11-21(16)3/h4-8,11-12,17,22H,10H2,1-3H3,(H,20,23). The molecule has 126 valence electrons. The summed E-state index contributed by atoms with van der Waals surface area (Å²) in [4.78, 5) is 12.1. The zero-order chi connectivity index (χ0) is 17.7. The van der Waals surface area contributed by atoms with Crippen LogP contribution in [0.1, 0.15) is 41.6 Å². The summed E-state index contributed by atoms with van der Waals surface area (Å²) in [5, 5.41) is 21.7. The van der Waals surface area contributed by atoms with Gasteiger partial charge < -0.3 is 19.7 Å². The summed E-state index contributed by atoms with van der Waals surface area (Å²) in [5.74, 6) is 0.399. The molecule has 0 aliphatic heterocycles. The molecule has 6 nitrogen and oxygen atoms in total. The molecule has 2 aromatic rings. The topological polar surface area (TPSA) is 87.3 Å². The van der Waals surface area contributed by atoms with E-state index in [1.165, 1.54) is 6.07 Å². The maximum Gasteiger partial charge on any atom is 0.268 e. The third-order valence-electron chi connectivity index (χ3n) is 3.46. The first-order chi connectivity index (χ1) is 11.4. The Balaban J connectivity index is 1.94. The lowest BCUT2D eigenvalue weighted by molar-refractivity contribution is 0.0908. The Hall–Kier alpha value is -2.78. The maximum absolute atomic E-state index is 12.1. The van der Waals surface area contributed by atoms with E-state index in [2.05, 4.69) is 5.32 Å². The van der Waals surface area contributed by atoms with Crippen molar-refractivity contribution in [2.45, 2.75) is 26.1 Å². The lowest BCUT2D eigenvalue weighted by Gasteiger charge is -2.14. The first kappa shape index (κ1) is 17.6. The number of carbonyl (C=O) groups excluding carboxylic acids is 1. The predicted octanol–water partition coefficient (Wildman–Crippen LogP) is 2.15. The van der Waals surface area contributed by atoms with Gasteiger partial charge in [-0.25, -0.2) is 0 Å². The molecule has 1 unspecified atom stereocenters. The van der Waals surface area contributed by atoms with Crippen molar-refractivity contribution >= 4 is 5.91 Å². The van der Waals surface area contributed by atoms with Crippen LogP contribution in [0.5, 0.6) is 5.75 Å². The largest absolute Gasteiger partial charge is 0.491 e. The van der Waals surface area contributed by atoms with Crippen LogP contribution in [-0.2, 0) is 7.05 Å². The Morgan fingerprint density at radius 1 is 1.38 bits per heavy atom. The normalized spacial score (nSPS) is 11.8.